The first-order chi connectivity index (χ1) is 12.7. The molecular formula is C19H18N6O. The van der Waals surface area contributed by atoms with Gasteiger partial charge < -0.3 is 14.7 Å². The predicted octanol–water partition coefficient (Wildman–Crippen LogP) is 2.29. The Morgan fingerprint density at radius 2 is 2.23 bits per heavy atom. The molecule has 26 heavy (non-hydrogen) atoms. The zero-order valence-electron chi connectivity index (χ0n) is 14.2. The van der Waals surface area contributed by atoms with E-state index < -0.39 is 5.54 Å². The first-order valence-corrected chi connectivity index (χ1v) is 8.80. The number of likely N-dealkylation sites (tertiary alicyclic amines) is 1. The van der Waals surface area contributed by atoms with E-state index in [2.05, 4.69) is 19.9 Å². The van der Waals surface area contributed by atoms with Crippen LogP contribution in [0.25, 0.3) is 27.0 Å². The van der Waals surface area contributed by atoms with Crippen molar-refractivity contribution in [2.45, 2.75) is 18.4 Å². The fourth-order valence-electron chi connectivity index (χ4n) is 3.81. The highest BCUT2D eigenvalue weighted by atomic mass is 16.2. The minimum Gasteiger partial charge on any atom is -0.346 e. The maximum Gasteiger partial charge on any atom is 0.243 e. The molecule has 5 rings (SSSR count). The van der Waals surface area contributed by atoms with Gasteiger partial charge in [0.2, 0.25) is 12.5 Å². The zero-order chi connectivity index (χ0) is 17.7. The smallest absolute Gasteiger partial charge is 0.243 e. The molecule has 0 radical (unpaired) electrons. The Balaban J connectivity index is 1.46. The Morgan fingerprint density at radius 1 is 1.38 bits per heavy atom. The third kappa shape index (κ3) is 2.22. The first-order valence-electron chi connectivity index (χ1n) is 8.80. The molecule has 3 aromatic rings. The minimum absolute atomic E-state index is 0.216. The maximum absolute atomic E-state index is 12.3. The molecule has 0 unspecified atom stereocenters. The van der Waals surface area contributed by atoms with E-state index >= 15 is 0 Å². The number of aromatic amines is 1. The van der Waals surface area contributed by atoms with E-state index in [-0.39, 0.29) is 11.8 Å². The molecule has 1 amide bonds. The highest BCUT2D eigenvalue weighted by molar-refractivity contribution is 5.92. The number of carbonyl (C=O) groups excluding carboxylic acids is 1. The minimum atomic E-state index is -0.408. The molecule has 1 aliphatic heterocycles. The van der Waals surface area contributed by atoms with E-state index in [1.165, 1.54) is 0 Å². The van der Waals surface area contributed by atoms with Crippen LogP contribution < -0.4 is 0 Å². The summed E-state index contributed by atoms with van der Waals surface area (Å²) in [6, 6.07) is 3.98. The molecule has 0 bridgehead atoms. The summed E-state index contributed by atoms with van der Waals surface area (Å²) in [5.74, 6) is 0.453. The quantitative estimate of drug-likeness (QED) is 0.737. The van der Waals surface area contributed by atoms with Crippen LogP contribution in [0.1, 0.15) is 12.8 Å². The van der Waals surface area contributed by atoms with Crippen LogP contribution in [0.3, 0.4) is 0 Å². The van der Waals surface area contributed by atoms with Crippen LogP contribution in [-0.4, -0.2) is 50.2 Å². The van der Waals surface area contributed by atoms with Crippen molar-refractivity contribution in [1.82, 2.24) is 24.6 Å². The van der Waals surface area contributed by atoms with Crippen molar-refractivity contribution in [3.8, 4) is 11.1 Å². The lowest BCUT2D eigenvalue weighted by Crippen LogP contribution is -2.66. The van der Waals surface area contributed by atoms with Gasteiger partial charge in [-0.15, -0.1) is 0 Å². The van der Waals surface area contributed by atoms with E-state index in [0.29, 0.717) is 19.6 Å². The summed E-state index contributed by atoms with van der Waals surface area (Å²) < 4.78 is 1.88. The van der Waals surface area contributed by atoms with Crippen molar-refractivity contribution < 1.29 is 4.79 Å². The highest BCUT2D eigenvalue weighted by Gasteiger charge is 2.52. The molecule has 130 valence electrons. The third-order valence-corrected chi connectivity index (χ3v) is 5.42. The third-order valence-electron chi connectivity index (χ3n) is 5.42. The monoisotopic (exact) mass is 346 g/mol. The normalized spacial score (nSPS) is 18.5. The first kappa shape index (κ1) is 15.1. The van der Waals surface area contributed by atoms with Gasteiger partial charge in [-0.2, -0.15) is 5.10 Å². The Labute approximate surface area is 150 Å². The molecule has 1 aliphatic carbocycles. The molecule has 0 atom stereocenters. The van der Waals surface area contributed by atoms with Gasteiger partial charge in [0.1, 0.15) is 5.65 Å². The Morgan fingerprint density at radius 3 is 3.00 bits per heavy atom. The Kier molecular flexibility index (Phi) is 3.16. The summed E-state index contributed by atoms with van der Waals surface area (Å²) in [5.41, 5.74) is 2.49. The van der Waals surface area contributed by atoms with Crippen LogP contribution in [0.5, 0.6) is 0 Å². The average Bonchev–Trinajstić information content (AvgIpc) is 3.15. The maximum atomic E-state index is 12.3. The van der Waals surface area contributed by atoms with Gasteiger partial charge in [0.15, 0.2) is 5.54 Å². The van der Waals surface area contributed by atoms with Crippen LogP contribution in [0.4, 0.5) is 0 Å². The summed E-state index contributed by atoms with van der Waals surface area (Å²) in [6.45, 7) is 8.81. The topological polar surface area (TPSA) is 71.2 Å². The predicted molar refractivity (Wildman–Crippen MR) is 96.1 cm³/mol. The molecule has 2 fully saturated rings. The van der Waals surface area contributed by atoms with Crippen LogP contribution in [-0.2, 0) is 10.3 Å². The second kappa shape index (κ2) is 5.43. The van der Waals surface area contributed by atoms with Crippen molar-refractivity contribution in [2.24, 2.45) is 5.92 Å². The number of aromatic nitrogens is 4. The van der Waals surface area contributed by atoms with Crippen molar-refractivity contribution in [3.05, 3.63) is 48.3 Å². The molecular weight excluding hydrogens is 328 g/mol. The van der Waals surface area contributed by atoms with Crippen molar-refractivity contribution in [2.75, 3.05) is 19.6 Å². The van der Waals surface area contributed by atoms with Gasteiger partial charge >= 0.3 is 0 Å². The molecule has 1 saturated carbocycles. The Bertz CT molecular complexity index is 1030. The summed E-state index contributed by atoms with van der Waals surface area (Å²) in [6.07, 6.45) is 9.49. The molecule has 3 aromatic heterocycles. The number of hydrogen-bond donors (Lipinski definition) is 1. The van der Waals surface area contributed by atoms with E-state index in [0.717, 1.165) is 35.0 Å². The summed E-state index contributed by atoms with van der Waals surface area (Å²) in [5, 5.41) is 5.60. The van der Waals surface area contributed by atoms with Gasteiger partial charge in [0.05, 0.1) is 19.3 Å². The van der Waals surface area contributed by atoms with Crippen molar-refractivity contribution in [1.29, 1.82) is 0 Å². The number of nitrogens with one attached hydrogen (secondary N) is 1. The number of pyridine rings is 1. The molecule has 2 aliphatic rings. The molecule has 4 heterocycles. The fourth-order valence-corrected chi connectivity index (χ4v) is 3.81. The average molecular weight is 346 g/mol. The molecule has 0 spiro atoms. The van der Waals surface area contributed by atoms with Crippen molar-refractivity contribution in [3.63, 3.8) is 0 Å². The van der Waals surface area contributed by atoms with E-state index in [9.17, 15) is 4.79 Å². The SMILES string of the molecule is [C-]#[N+]CC1(n2cc(-c3ccnc4[nH]ccc34)cn2)CN(C(=O)C2CC2)C1. The van der Waals surface area contributed by atoms with Crippen LogP contribution in [0.15, 0.2) is 36.9 Å². The van der Waals surface area contributed by atoms with E-state index in [1.54, 1.807) is 6.20 Å². The molecule has 7 heteroatoms. The number of nitrogens with zero attached hydrogens (tertiary/aromatic N) is 5. The fraction of sp³-hybridized carbons (Fsp3) is 0.368. The van der Waals surface area contributed by atoms with Gasteiger partial charge in [-0.3, -0.25) is 9.48 Å². The molecule has 0 aromatic carbocycles. The number of hydrogen-bond acceptors (Lipinski definition) is 3. The summed E-state index contributed by atoms with van der Waals surface area (Å²) in [7, 11) is 0. The van der Waals surface area contributed by atoms with E-state index in [1.807, 2.05) is 40.3 Å². The van der Waals surface area contributed by atoms with Gasteiger partial charge in [0, 0.05) is 35.5 Å². The molecule has 1 N–H and O–H groups in total. The van der Waals surface area contributed by atoms with Crippen molar-refractivity contribution >= 4 is 16.9 Å². The van der Waals surface area contributed by atoms with Gasteiger partial charge in [-0.25, -0.2) is 11.6 Å². The van der Waals surface area contributed by atoms with Gasteiger partial charge in [-0.1, -0.05) is 0 Å². The zero-order valence-corrected chi connectivity index (χ0v) is 14.2. The standard InChI is InChI=1S/C19H18N6O/c1-20-10-19(11-24(12-19)18(26)13-2-3-13)25-9-14(8-23-25)15-4-6-21-17-16(15)5-7-22-17/h4-9,13H,2-3,10-12H2,(H,21,22). The molecule has 7 nitrogen and oxygen atoms in total. The Hall–Kier alpha value is -3.14. The molecule has 1 saturated heterocycles. The lowest BCUT2D eigenvalue weighted by Gasteiger charge is -2.47. The number of fused-ring (bicyclic) bond motifs is 1. The number of H-pyrrole nitrogens is 1. The summed E-state index contributed by atoms with van der Waals surface area (Å²) in [4.78, 5) is 25.2. The van der Waals surface area contributed by atoms with Crippen LogP contribution in [0, 0.1) is 12.5 Å². The van der Waals surface area contributed by atoms with E-state index in [4.69, 9.17) is 6.57 Å². The number of amides is 1. The van der Waals surface area contributed by atoms with Crippen LogP contribution >= 0.6 is 0 Å². The second-order valence-electron chi connectivity index (χ2n) is 7.28. The largest absolute Gasteiger partial charge is 0.346 e. The second-order valence-corrected chi connectivity index (χ2v) is 7.28. The van der Waals surface area contributed by atoms with Gasteiger partial charge in [0.25, 0.3) is 0 Å². The highest BCUT2D eigenvalue weighted by Crippen LogP contribution is 2.38. The van der Waals surface area contributed by atoms with Crippen LogP contribution in [0.2, 0.25) is 0 Å². The lowest BCUT2D eigenvalue weighted by atomic mass is 9.89. The summed E-state index contributed by atoms with van der Waals surface area (Å²) >= 11 is 0. The van der Waals surface area contributed by atoms with Gasteiger partial charge in [-0.05, 0) is 30.5 Å². The lowest BCUT2D eigenvalue weighted by molar-refractivity contribution is -0.143. The number of carbonyl (C=O) groups is 1. The number of rotatable bonds is 4.